The molecular formula is C19H33N3O2. The number of hydrogen-bond donors (Lipinski definition) is 1. The Hall–Kier alpha value is -1.10. The lowest BCUT2D eigenvalue weighted by atomic mass is 9.69. The molecule has 5 heteroatoms. The van der Waals surface area contributed by atoms with Gasteiger partial charge in [-0.2, -0.15) is 0 Å². The van der Waals surface area contributed by atoms with Gasteiger partial charge in [-0.05, 0) is 50.1 Å². The Morgan fingerprint density at radius 3 is 2.58 bits per heavy atom. The van der Waals surface area contributed by atoms with E-state index in [1.807, 2.05) is 19.0 Å². The van der Waals surface area contributed by atoms with Crippen molar-refractivity contribution in [3.8, 4) is 0 Å². The fourth-order valence-corrected chi connectivity index (χ4v) is 5.20. The molecule has 1 aliphatic heterocycles. The van der Waals surface area contributed by atoms with E-state index in [2.05, 4.69) is 31.0 Å². The predicted molar refractivity (Wildman–Crippen MR) is 94.4 cm³/mol. The Bertz CT molecular complexity index is 531. The smallest absolute Gasteiger partial charge is 0.225 e. The molecule has 3 rings (SSSR count). The first kappa shape index (κ1) is 17.7. The molecule has 2 amide bonds. The third kappa shape index (κ3) is 2.75. The molecule has 0 aromatic heterocycles. The van der Waals surface area contributed by atoms with E-state index in [0.29, 0.717) is 24.9 Å². The molecule has 5 nitrogen and oxygen atoms in total. The van der Waals surface area contributed by atoms with Crippen LogP contribution in [-0.4, -0.2) is 61.4 Å². The zero-order valence-corrected chi connectivity index (χ0v) is 15.9. The fourth-order valence-electron chi connectivity index (χ4n) is 5.20. The number of rotatable bonds is 5. The van der Waals surface area contributed by atoms with Gasteiger partial charge < -0.3 is 15.1 Å². The molecule has 2 bridgehead atoms. The molecule has 4 unspecified atom stereocenters. The van der Waals surface area contributed by atoms with Gasteiger partial charge >= 0.3 is 0 Å². The Morgan fingerprint density at radius 1 is 1.33 bits per heavy atom. The van der Waals surface area contributed by atoms with Crippen LogP contribution in [0.1, 0.15) is 46.5 Å². The first-order valence-corrected chi connectivity index (χ1v) is 9.38. The van der Waals surface area contributed by atoms with E-state index in [1.54, 1.807) is 0 Å². The zero-order valence-electron chi connectivity index (χ0n) is 15.9. The van der Waals surface area contributed by atoms with Gasteiger partial charge in [-0.1, -0.05) is 20.8 Å². The highest BCUT2D eigenvalue weighted by molar-refractivity contribution is 5.89. The van der Waals surface area contributed by atoms with Gasteiger partial charge in [0.05, 0.1) is 5.92 Å². The van der Waals surface area contributed by atoms with Crippen LogP contribution < -0.4 is 5.32 Å². The van der Waals surface area contributed by atoms with Crippen molar-refractivity contribution in [1.82, 2.24) is 15.1 Å². The zero-order chi connectivity index (χ0) is 17.7. The molecule has 0 radical (unpaired) electrons. The number of carbonyl (C=O) groups excluding carboxylic acids is 2. The number of nitrogens with one attached hydrogen (secondary N) is 1. The summed E-state index contributed by atoms with van der Waals surface area (Å²) in [7, 11) is 4.00. The van der Waals surface area contributed by atoms with Crippen LogP contribution >= 0.6 is 0 Å². The van der Waals surface area contributed by atoms with Crippen LogP contribution in [0.2, 0.25) is 0 Å². The first-order chi connectivity index (χ1) is 11.1. The summed E-state index contributed by atoms with van der Waals surface area (Å²) in [6.07, 6.45) is 3.96. The number of likely N-dealkylation sites (tertiary alicyclic amines) is 1. The average Bonchev–Trinajstić information content (AvgIpc) is 3.03. The number of fused-ring (bicyclic) bond motifs is 2. The minimum Gasteiger partial charge on any atom is -0.352 e. The lowest BCUT2D eigenvalue weighted by molar-refractivity contribution is -0.129. The molecule has 3 fully saturated rings. The third-order valence-electron chi connectivity index (χ3n) is 7.51. The van der Waals surface area contributed by atoms with Crippen LogP contribution in [0.25, 0.3) is 0 Å². The summed E-state index contributed by atoms with van der Waals surface area (Å²) < 4.78 is 0. The maximum Gasteiger partial charge on any atom is 0.225 e. The maximum atomic E-state index is 12.8. The molecule has 136 valence electrons. The van der Waals surface area contributed by atoms with E-state index in [4.69, 9.17) is 0 Å². The summed E-state index contributed by atoms with van der Waals surface area (Å²) in [5.74, 6) is 0.752. The van der Waals surface area contributed by atoms with E-state index in [-0.39, 0.29) is 29.2 Å². The van der Waals surface area contributed by atoms with E-state index >= 15 is 0 Å². The van der Waals surface area contributed by atoms with Gasteiger partial charge in [-0.25, -0.2) is 0 Å². The number of hydrogen-bond acceptors (Lipinski definition) is 3. The van der Waals surface area contributed by atoms with Crippen molar-refractivity contribution in [3.05, 3.63) is 0 Å². The summed E-state index contributed by atoms with van der Waals surface area (Å²) in [5.41, 5.74) is 0.495. The van der Waals surface area contributed by atoms with Crippen molar-refractivity contribution >= 4 is 11.8 Å². The number of amides is 2. The summed E-state index contributed by atoms with van der Waals surface area (Å²) in [4.78, 5) is 28.8. The van der Waals surface area contributed by atoms with Crippen molar-refractivity contribution in [2.75, 3.05) is 33.7 Å². The van der Waals surface area contributed by atoms with E-state index in [1.165, 1.54) is 12.8 Å². The molecule has 1 N–H and O–H groups in total. The Kier molecular flexibility index (Phi) is 4.44. The summed E-state index contributed by atoms with van der Waals surface area (Å²) in [6.45, 7) is 9.20. The molecule has 3 aliphatic rings. The Balaban J connectivity index is 1.58. The fraction of sp³-hybridized carbons (Fsp3) is 0.895. The quantitative estimate of drug-likeness (QED) is 0.832. The third-order valence-corrected chi connectivity index (χ3v) is 7.51. The largest absolute Gasteiger partial charge is 0.352 e. The predicted octanol–water partition coefficient (Wildman–Crippen LogP) is 1.73. The Labute approximate surface area is 146 Å². The van der Waals surface area contributed by atoms with Gasteiger partial charge in [0.2, 0.25) is 11.8 Å². The topological polar surface area (TPSA) is 52.6 Å². The monoisotopic (exact) mass is 335 g/mol. The van der Waals surface area contributed by atoms with E-state index in [0.717, 1.165) is 18.9 Å². The van der Waals surface area contributed by atoms with Gasteiger partial charge in [-0.3, -0.25) is 9.59 Å². The van der Waals surface area contributed by atoms with Crippen LogP contribution in [0.5, 0.6) is 0 Å². The molecule has 2 saturated carbocycles. The lowest BCUT2D eigenvalue weighted by Gasteiger charge is -2.39. The van der Waals surface area contributed by atoms with Crippen LogP contribution in [0.3, 0.4) is 0 Å². The van der Waals surface area contributed by atoms with Gasteiger partial charge in [0.1, 0.15) is 0 Å². The summed E-state index contributed by atoms with van der Waals surface area (Å²) in [5, 5.41) is 3.33. The minimum atomic E-state index is -0.175. The second-order valence-electron chi connectivity index (χ2n) is 9.22. The molecule has 2 aliphatic carbocycles. The van der Waals surface area contributed by atoms with Gasteiger partial charge in [0.15, 0.2) is 0 Å². The average molecular weight is 335 g/mol. The lowest BCUT2D eigenvalue weighted by Crippen LogP contribution is -2.49. The van der Waals surface area contributed by atoms with Crippen molar-refractivity contribution in [2.45, 2.75) is 52.5 Å². The number of likely N-dealkylation sites (N-methyl/N-ethyl adjacent to an activating group) is 1. The molecule has 0 spiro atoms. The van der Waals surface area contributed by atoms with Gasteiger partial charge in [-0.15, -0.1) is 0 Å². The molecule has 4 atom stereocenters. The maximum absolute atomic E-state index is 12.8. The number of nitrogens with zero attached hydrogens (tertiary/aromatic N) is 2. The van der Waals surface area contributed by atoms with Crippen molar-refractivity contribution in [2.24, 2.45) is 22.7 Å². The van der Waals surface area contributed by atoms with Crippen molar-refractivity contribution in [1.29, 1.82) is 0 Å². The second kappa shape index (κ2) is 6.01. The van der Waals surface area contributed by atoms with Crippen molar-refractivity contribution in [3.63, 3.8) is 0 Å². The van der Waals surface area contributed by atoms with Crippen LogP contribution in [0, 0.1) is 22.7 Å². The molecule has 0 aromatic rings. The highest BCUT2D eigenvalue weighted by atomic mass is 16.2. The second-order valence-corrected chi connectivity index (χ2v) is 9.22. The van der Waals surface area contributed by atoms with Crippen LogP contribution in [0.4, 0.5) is 0 Å². The first-order valence-electron chi connectivity index (χ1n) is 9.38. The highest BCUT2D eigenvalue weighted by Gasteiger charge is 2.61. The van der Waals surface area contributed by atoms with E-state index in [9.17, 15) is 9.59 Å². The minimum absolute atomic E-state index is 0.0882. The summed E-state index contributed by atoms with van der Waals surface area (Å²) in [6, 6.07) is 0.268. The standard InChI is InChI=1S/C19H33N3O2/c1-18(2)14-6-7-19(18,3)15(11-14)20-17(24)13-10-16(23)22(12-13)9-8-21(4)5/h13-15H,6-12H2,1-5H3,(H,20,24). The Morgan fingerprint density at radius 2 is 2.04 bits per heavy atom. The van der Waals surface area contributed by atoms with Crippen LogP contribution in [-0.2, 0) is 9.59 Å². The van der Waals surface area contributed by atoms with Crippen LogP contribution in [0.15, 0.2) is 0 Å². The SMILES string of the molecule is CN(C)CCN1CC(C(=O)NC2CC3CCC2(C)C3(C)C)CC1=O. The molecule has 0 aromatic carbocycles. The normalized spacial score (nSPS) is 37.5. The van der Waals surface area contributed by atoms with Crippen molar-refractivity contribution < 1.29 is 9.59 Å². The number of carbonyl (C=O) groups is 2. The van der Waals surface area contributed by atoms with Gasteiger partial charge in [0.25, 0.3) is 0 Å². The molecular weight excluding hydrogens is 302 g/mol. The molecule has 1 saturated heterocycles. The van der Waals surface area contributed by atoms with Gasteiger partial charge in [0, 0.05) is 32.1 Å². The highest BCUT2D eigenvalue weighted by Crippen LogP contribution is 2.65. The van der Waals surface area contributed by atoms with E-state index < -0.39 is 0 Å². The molecule has 24 heavy (non-hydrogen) atoms. The molecule has 1 heterocycles. The summed E-state index contributed by atoms with van der Waals surface area (Å²) >= 11 is 0.